The molecule has 9 heteroatoms. The van der Waals surface area contributed by atoms with E-state index in [0.29, 0.717) is 13.0 Å². The number of rotatable bonds is 3. The molecule has 2 aliphatic rings. The van der Waals surface area contributed by atoms with Crippen LogP contribution in [0.25, 0.3) is 0 Å². The third-order valence-corrected chi connectivity index (χ3v) is 3.25. The van der Waals surface area contributed by atoms with Crippen molar-refractivity contribution in [3.8, 4) is 0 Å². The Kier molecular flexibility index (Phi) is 3.36. The number of imide groups is 1. The number of nitrogens with one attached hydrogen (secondary N) is 1. The summed E-state index contributed by atoms with van der Waals surface area (Å²) in [5.74, 6) is -0.884. The topological polar surface area (TPSA) is 108 Å². The summed E-state index contributed by atoms with van der Waals surface area (Å²) in [6.45, 7) is 2.32. The molecule has 0 aromatic rings. The van der Waals surface area contributed by atoms with E-state index in [1.54, 1.807) is 0 Å². The van der Waals surface area contributed by atoms with Crippen LogP contribution in [0, 0.1) is 10.1 Å². The Bertz CT molecular complexity index is 463. The molecule has 0 aromatic carbocycles. The van der Waals surface area contributed by atoms with Crippen LogP contribution in [0.2, 0.25) is 0 Å². The van der Waals surface area contributed by atoms with Crippen molar-refractivity contribution in [3.05, 3.63) is 10.1 Å². The van der Waals surface area contributed by atoms with E-state index in [-0.39, 0.29) is 5.96 Å². The summed E-state index contributed by atoms with van der Waals surface area (Å²) in [5.41, 5.74) is 0. The lowest BCUT2D eigenvalue weighted by Crippen LogP contribution is -2.64. The van der Waals surface area contributed by atoms with Gasteiger partial charge in [0.1, 0.15) is 0 Å². The van der Waals surface area contributed by atoms with Crippen LogP contribution in [0.3, 0.4) is 0 Å². The highest BCUT2D eigenvalue weighted by molar-refractivity contribution is 6.02. The quantitative estimate of drug-likeness (QED) is 0.554. The number of unbranched alkanes of at least 4 members (excludes halogenated alkanes) is 1. The van der Waals surface area contributed by atoms with Crippen molar-refractivity contribution in [2.75, 3.05) is 13.6 Å². The second-order valence-corrected chi connectivity index (χ2v) is 4.50. The predicted octanol–water partition coefficient (Wildman–Crippen LogP) is -0.389. The molecule has 19 heavy (non-hydrogen) atoms. The first-order valence-corrected chi connectivity index (χ1v) is 6.03. The molecule has 2 heterocycles. The average molecular weight is 269 g/mol. The zero-order chi connectivity index (χ0) is 14.2. The SMILES string of the molecule is CCCCN1C([N+](=O)[O-])=NC2C1C(=O)NC(=O)N2C. The monoisotopic (exact) mass is 269 g/mol. The summed E-state index contributed by atoms with van der Waals surface area (Å²) in [4.78, 5) is 40.2. The number of hydrogen-bond donors (Lipinski definition) is 1. The number of amides is 3. The van der Waals surface area contributed by atoms with E-state index in [1.807, 2.05) is 6.92 Å². The predicted molar refractivity (Wildman–Crippen MR) is 64.9 cm³/mol. The molecule has 0 aromatic heterocycles. The maximum absolute atomic E-state index is 11.9. The summed E-state index contributed by atoms with van der Waals surface area (Å²) in [7, 11) is 1.46. The number of urea groups is 1. The van der Waals surface area contributed by atoms with E-state index in [2.05, 4.69) is 10.3 Å². The number of nitrogens with zero attached hydrogens (tertiary/aromatic N) is 4. The molecule has 0 radical (unpaired) electrons. The molecule has 2 aliphatic heterocycles. The Morgan fingerprint density at radius 1 is 1.47 bits per heavy atom. The second-order valence-electron chi connectivity index (χ2n) is 4.50. The molecule has 2 atom stereocenters. The fraction of sp³-hybridized carbons (Fsp3) is 0.700. The van der Waals surface area contributed by atoms with Gasteiger partial charge in [-0.2, -0.15) is 0 Å². The lowest BCUT2D eigenvalue weighted by atomic mass is 10.1. The zero-order valence-corrected chi connectivity index (χ0v) is 10.7. The van der Waals surface area contributed by atoms with Gasteiger partial charge in [0.15, 0.2) is 0 Å². The van der Waals surface area contributed by atoms with Gasteiger partial charge in [-0.15, -0.1) is 0 Å². The number of carbonyl (C=O) groups excluding carboxylic acids is 2. The molecule has 0 spiro atoms. The summed E-state index contributed by atoms with van der Waals surface area (Å²) in [5, 5.41) is 13.2. The normalized spacial score (nSPS) is 26.1. The van der Waals surface area contributed by atoms with Crippen molar-refractivity contribution in [1.29, 1.82) is 0 Å². The van der Waals surface area contributed by atoms with E-state index in [0.717, 1.165) is 6.42 Å². The van der Waals surface area contributed by atoms with E-state index in [4.69, 9.17) is 0 Å². The summed E-state index contributed by atoms with van der Waals surface area (Å²) in [6, 6.07) is -1.40. The molecule has 1 saturated heterocycles. The van der Waals surface area contributed by atoms with Crippen LogP contribution in [0.4, 0.5) is 4.79 Å². The van der Waals surface area contributed by atoms with Gasteiger partial charge in [-0.1, -0.05) is 18.3 Å². The Hall–Kier alpha value is -2.19. The van der Waals surface area contributed by atoms with Gasteiger partial charge < -0.3 is 10.1 Å². The van der Waals surface area contributed by atoms with Crippen molar-refractivity contribution in [1.82, 2.24) is 15.1 Å². The minimum absolute atomic E-state index is 0.347. The molecule has 0 aliphatic carbocycles. The molecule has 0 saturated carbocycles. The van der Waals surface area contributed by atoms with Crippen LogP contribution >= 0.6 is 0 Å². The van der Waals surface area contributed by atoms with Gasteiger partial charge in [0.05, 0.1) is 6.54 Å². The molecule has 9 nitrogen and oxygen atoms in total. The highest BCUT2D eigenvalue weighted by Crippen LogP contribution is 2.24. The van der Waals surface area contributed by atoms with Crippen molar-refractivity contribution < 1.29 is 14.5 Å². The van der Waals surface area contributed by atoms with Crippen LogP contribution in [-0.4, -0.2) is 58.4 Å². The second kappa shape index (κ2) is 4.82. The molecule has 3 amide bonds. The van der Waals surface area contributed by atoms with Crippen molar-refractivity contribution in [3.63, 3.8) is 0 Å². The van der Waals surface area contributed by atoms with Crippen molar-refractivity contribution in [2.24, 2.45) is 4.99 Å². The first-order chi connectivity index (χ1) is 8.97. The molecule has 104 valence electrons. The maximum Gasteiger partial charge on any atom is 0.427 e. The number of hydrogen-bond acceptors (Lipinski definition) is 6. The summed E-state index contributed by atoms with van der Waals surface area (Å²) < 4.78 is 0. The molecular weight excluding hydrogens is 254 g/mol. The van der Waals surface area contributed by atoms with Gasteiger partial charge >= 0.3 is 12.0 Å². The van der Waals surface area contributed by atoms with Gasteiger partial charge in [-0.3, -0.25) is 15.0 Å². The fourth-order valence-corrected chi connectivity index (χ4v) is 2.23. The Labute approximate surface area is 109 Å². The van der Waals surface area contributed by atoms with Crippen LogP contribution in [0.15, 0.2) is 4.99 Å². The lowest BCUT2D eigenvalue weighted by Gasteiger charge is -2.31. The number of guanidine groups is 1. The number of fused-ring (bicyclic) bond motifs is 1. The van der Waals surface area contributed by atoms with Crippen LogP contribution in [-0.2, 0) is 4.79 Å². The molecule has 1 N–H and O–H groups in total. The van der Waals surface area contributed by atoms with Crippen LogP contribution in [0.1, 0.15) is 19.8 Å². The van der Waals surface area contributed by atoms with Gasteiger partial charge in [-0.25, -0.2) is 9.69 Å². The van der Waals surface area contributed by atoms with Gasteiger partial charge in [0.2, 0.25) is 12.2 Å². The molecule has 2 unspecified atom stereocenters. The average Bonchev–Trinajstić information content (AvgIpc) is 2.73. The lowest BCUT2D eigenvalue weighted by molar-refractivity contribution is -0.363. The molecular formula is C10H15N5O4. The van der Waals surface area contributed by atoms with E-state index in [9.17, 15) is 19.7 Å². The third-order valence-electron chi connectivity index (χ3n) is 3.25. The molecule has 1 fully saturated rings. The Balaban J connectivity index is 2.32. The smallest absolute Gasteiger partial charge is 0.390 e. The van der Waals surface area contributed by atoms with Gasteiger partial charge in [0, 0.05) is 7.05 Å². The van der Waals surface area contributed by atoms with Crippen LogP contribution < -0.4 is 5.32 Å². The molecule has 2 rings (SSSR count). The van der Waals surface area contributed by atoms with E-state index in [1.165, 1.54) is 16.8 Å². The first kappa shape index (κ1) is 13.2. The summed E-state index contributed by atoms with van der Waals surface area (Å²) in [6.07, 6.45) is 0.731. The highest BCUT2D eigenvalue weighted by atomic mass is 16.6. The number of carbonyl (C=O) groups is 2. The number of nitro groups is 1. The van der Waals surface area contributed by atoms with Crippen molar-refractivity contribution in [2.45, 2.75) is 32.0 Å². The minimum atomic E-state index is -0.821. The Morgan fingerprint density at radius 3 is 2.74 bits per heavy atom. The van der Waals surface area contributed by atoms with Gasteiger partial charge in [0.25, 0.3) is 5.91 Å². The van der Waals surface area contributed by atoms with E-state index >= 15 is 0 Å². The Morgan fingerprint density at radius 2 is 2.16 bits per heavy atom. The molecule has 0 bridgehead atoms. The third kappa shape index (κ3) is 2.11. The fourth-order valence-electron chi connectivity index (χ4n) is 2.23. The maximum atomic E-state index is 11.9. The highest BCUT2D eigenvalue weighted by Gasteiger charge is 2.55. The largest absolute Gasteiger partial charge is 0.427 e. The number of aliphatic imine (C=N–C) groups is 1. The summed E-state index contributed by atoms with van der Waals surface area (Å²) >= 11 is 0. The van der Waals surface area contributed by atoms with Crippen molar-refractivity contribution >= 4 is 17.9 Å². The number of likely N-dealkylation sites (N-methyl/N-ethyl adjacent to an activating group) is 1. The van der Waals surface area contributed by atoms with Gasteiger partial charge in [-0.05, 0) is 11.3 Å². The van der Waals surface area contributed by atoms with E-state index < -0.39 is 29.1 Å². The van der Waals surface area contributed by atoms with Crippen LogP contribution in [0.5, 0.6) is 0 Å². The first-order valence-electron chi connectivity index (χ1n) is 6.03. The standard InChI is InChI=1S/C10H15N5O4/c1-3-4-5-14-6-7(11-9(14)15(18)19)13(2)10(17)12-8(6)16/h6-7H,3-5H2,1-2H3,(H,12,16,17). The minimum Gasteiger partial charge on any atom is -0.390 e. The zero-order valence-electron chi connectivity index (χ0n) is 10.7.